The van der Waals surface area contributed by atoms with Crippen molar-refractivity contribution in [2.45, 2.75) is 59.0 Å². The van der Waals surface area contributed by atoms with E-state index in [1.807, 2.05) is 62.4 Å². The number of hydrogen-bond donors (Lipinski definition) is 4. The number of carbonyl (C=O) groups is 4. The second-order valence-corrected chi connectivity index (χ2v) is 20.2. The number of ether oxygens (including phenoxy) is 3. The Kier molecular flexibility index (Phi) is 13.2. The van der Waals surface area contributed by atoms with Crippen LogP contribution in [0.4, 0.5) is 5.88 Å². The topological polar surface area (TPSA) is 241 Å². The molecule has 4 N–H and O–H groups in total. The molecular formula is C59H55NO15. The molecule has 2 aliphatic heterocycles. The molecule has 16 heteroatoms. The fourth-order valence-corrected chi connectivity index (χ4v) is 12.2. The summed E-state index contributed by atoms with van der Waals surface area (Å²) in [5, 5.41) is 38.9. The Morgan fingerprint density at radius 3 is 2.29 bits per heavy atom. The van der Waals surface area contributed by atoms with Crippen LogP contribution in [-0.2, 0) is 33.4 Å². The van der Waals surface area contributed by atoms with E-state index >= 15 is 0 Å². The normalized spacial score (nSPS) is 23.6. The molecule has 2 saturated heterocycles. The molecule has 0 spiro atoms. The molecule has 4 aliphatic carbocycles. The van der Waals surface area contributed by atoms with Gasteiger partial charge in [-0.05, 0) is 92.1 Å². The molecule has 6 aliphatic rings. The van der Waals surface area contributed by atoms with Gasteiger partial charge in [0, 0.05) is 72.7 Å². The monoisotopic (exact) mass is 1020 g/mol. The molecule has 3 fully saturated rings. The summed E-state index contributed by atoms with van der Waals surface area (Å²) in [4.78, 5) is 78.5. The lowest BCUT2D eigenvalue weighted by atomic mass is 9.50. The van der Waals surface area contributed by atoms with Crippen molar-refractivity contribution in [1.29, 1.82) is 0 Å². The number of carbonyl (C=O) groups excluding carboxylic acids is 4. The Hall–Kier alpha value is -8.08. The van der Waals surface area contributed by atoms with Crippen LogP contribution in [0.3, 0.4) is 0 Å². The van der Waals surface area contributed by atoms with Gasteiger partial charge in [0.25, 0.3) is 0 Å². The summed E-state index contributed by atoms with van der Waals surface area (Å²) in [7, 11) is 1.57. The maximum Gasteiger partial charge on any atom is 0.338 e. The first-order chi connectivity index (χ1) is 36.0. The van der Waals surface area contributed by atoms with Gasteiger partial charge in [-0.25, -0.2) is 4.79 Å². The number of rotatable bonds is 7. The number of hydrogen-bond acceptors (Lipinski definition) is 16. The minimum atomic E-state index is -0.781. The van der Waals surface area contributed by atoms with Gasteiger partial charge in [0.2, 0.25) is 11.2 Å². The molecule has 4 aromatic carbocycles. The lowest BCUT2D eigenvalue weighted by Crippen LogP contribution is -2.54. The third-order valence-electron chi connectivity index (χ3n) is 15.7. The molecule has 75 heavy (non-hydrogen) atoms. The number of allylic oxidation sites excluding steroid dienone is 3. The van der Waals surface area contributed by atoms with E-state index in [2.05, 4.69) is 4.90 Å². The Labute approximate surface area is 429 Å². The van der Waals surface area contributed by atoms with E-state index in [4.69, 9.17) is 23.0 Å². The summed E-state index contributed by atoms with van der Waals surface area (Å²) < 4.78 is 28.2. The minimum absolute atomic E-state index is 0.00878. The van der Waals surface area contributed by atoms with E-state index in [-0.39, 0.29) is 81.4 Å². The van der Waals surface area contributed by atoms with Gasteiger partial charge in [0.05, 0.1) is 36.2 Å². The number of Topliss-reactive ketones (excluding diaryl/α,β-unsaturated/α-hetero) is 3. The number of methoxy groups -OCH3 is 1. The minimum Gasteiger partial charge on any atom is -0.507 e. The van der Waals surface area contributed by atoms with Gasteiger partial charge in [0.15, 0.2) is 34.4 Å². The van der Waals surface area contributed by atoms with E-state index in [1.54, 1.807) is 26.2 Å². The zero-order valence-electron chi connectivity index (χ0n) is 41.8. The number of para-hydroxylation sites is 1. The number of morpholine rings is 1. The van der Waals surface area contributed by atoms with Crippen molar-refractivity contribution < 1.29 is 62.6 Å². The molecular weight excluding hydrogens is 963 g/mol. The van der Waals surface area contributed by atoms with Gasteiger partial charge >= 0.3 is 5.97 Å². The Bertz CT molecular complexity index is 3580. The van der Waals surface area contributed by atoms with Crippen LogP contribution in [0.1, 0.15) is 52.9 Å². The van der Waals surface area contributed by atoms with E-state index in [1.165, 1.54) is 30.3 Å². The van der Waals surface area contributed by atoms with Crippen LogP contribution in [0, 0.1) is 22.7 Å². The Morgan fingerprint density at radius 1 is 0.827 bits per heavy atom. The van der Waals surface area contributed by atoms with Crippen molar-refractivity contribution in [3.8, 4) is 45.4 Å². The summed E-state index contributed by atoms with van der Waals surface area (Å²) in [6.45, 7) is 8.54. The first-order valence-corrected chi connectivity index (χ1v) is 24.9. The molecule has 386 valence electrons. The maximum absolute atomic E-state index is 13.9. The Morgan fingerprint density at radius 2 is 1.57 bits per heavy atom. The lowest BCUT2D eigenvalue weighted by Gasteiger charge is -2.54. The third kappa shape index (κ3) is 8.60. The van der Waals surface area contributed by atoms with E-state index in [0.717, 1.165) is 41.4 Å². The highest BCUT2D eigenvalue weighted by atomic mass is 16.6. The summed E-state index contributed by atoms with van der Waals surface area (Å²) in [6.07, 6.45) is 3.54. The van der Waals surface area contributed by atoms with Crippen LogP contribution in [-0.4, -0.2) is 89.9 Å². The van der Waals surface area contributed by atoms with Crippen molar-refractivity contribution in [3.63, 3.8) is 0 Å². The molecule has 1 saturated carbocycles. The smallest absolute Gasteiger partial charge is 0.338 e. The first-order valence-electron chi connectivity index (χ1n) is 24.9. The highest BCUT2D eigenvalue weighted by molar-refractivity contribution is 6.16. The number of esters is 1. The van der Waals surface area contributed by atoms with Crippen LogP contribution in [0.5, 0.6) is 23.0 Å². The summed E-state index contributed by atoms with van der Waals surface area (Å²) in [5.74, 6) is -1.90. The zero-order valence-corrected chi connectivity index (χ0v) is 41.8. The standard InChI is InChI=1S/C25H28O6.C19H17NO3.C15H10O6/c1-12(26)9-13-10-24(2)16(7-8-17(24)27)19-20(13)25(3)18(11-30-4)31-23(29)15-6-5-14(21(15)25)22(19)28;21-17-13-18(20-9-11-22-12-10-20)23-19-15(7-4-8-16(17)19)14-5-2-1-3-6-14;16-8-5-4-7(6-10(8)18)15-14(20)13(19)12-9(17)2-1-3-11(12)21-15/h6,13,16,18H,5,7-11H2,1-4H3;1-8,13H,9-12H2;1-6,16-18,20H. The number of nitrogens with zero attached hydrogens (tertiary/aromatic N) is 1. The molecule has 5 atom stereocenters. The number of aromatic hydroxyl groups is 4. The van der Waals surface area contributed by atoms with Gasteiger partial charge < -0.3 is 53.2 Å². The van der Waals surface area contributed by atoms with Crippen LogP contribution < -0.4 is 15.8 Å². The number of anilines is 1. The molecule has 6 aromatic rings. The van der Waals surface area contributed by atoms with Crippen LogP contribution in [0.15, 0.2) is 143 Å². The van der Waals surface area contributed by atoms with Crippen molar-refractivity contribution in [1.82, 2.24) is 0 Å². The van der Waals surface area contributed by atoms with Crippen molar-refractivity contribution in [3.05, 3.63) is 145 Å². The van der Waals surface area contributed by atoms with Crippen LogP contribution in [0.2, 0.25) is 0 Å². The molecule has 0 bridgehead atoms. The van der Waals surface area contributed by atoms with E-state index in [0.29, 0.717) is 72.5 Å². The van der Waals surface area contributed by atoms with Crippen LogP contribution in [0.25, 0.3) is 44.4 Å². The van der Waals surface area contributed by atoms with Crippen molar-refractivity contribution in [2.75, 3.05) is 44.9 Å². The molecule has 16 nitrogen and oxygen atoms in total. The highest BCUT2D eigenvalue weighted by Crippen LogP contribution is 2.65. The quantitative estimate of drug-likeness (QED) is 0.0864. The highest BCUT2D eigenvalue weighted by Gasteiger charge is 2.63. The fraction of sp³-hybridized carbons (Fsp3) is 0.322. The van der Waals surface area contributed by atoms with Gasteiger partial charge in [0.1, 0.15) is 40.0 Å². The summed E-state index contributed by atoms with van der Waals surface area (Å²) >= 11 is 0. The van der Waals surface area contributed by atoms with E-state index < -0.39 is 39.8 Å². The summed E-state index contributed by atoms with van der Waals surface area (Å²) in [6, 6.07) is 25.3. The Balaban J connectivity index is 0.000000131. The molecule has 2 aromatic heterocycles. The fourth-order valence-electron chi connectivity index (χ4n) is 12.2. The number of cyclic esters (lactones) is 1. The molecule has 4 heterocycles. The number of fused-ring (bicyclic) bond motifs is 5. The molecule has 0 radical (unpaired) electrons. The average Bonchev–Trinajstić information content (AvgIpc) is 4.05. The maximum atomic E-state index is 13.9. The lowest BCUT2D eigenvalue weighted by molar-refractivity contribution is -0.156. The predicted octanol–water partition coefficient (Wildman–Crippen LogP) is 8.63. The largest absolute Gasteiger partial charge is 0.507 e. The predicted molar refractivity (Wildman–Crippen MR) is 276 cm³/mol. The van der Waals surface area contributed by atoms with Gasteiger partial charge in [-0.2, -0.15) is 0 Å². The SMILES string of the molecule is COCC1OC(=O)C2=CCC3=C2C1(C)C1=C(C3=O)C2CCC(=O)C2(C)CC1CC(C)=O.O=c1c(O)c(-c2ccc(O)c(O)c2)oc2cccc(O)c12.O=c1cc(N2CCOCC2)oc2c(-c3ccccc3)cccc12. The molecule has 5 unspecified atom stereocenters. The first kappa shape index (κ1) is 50.5. The average molecular weight is 1020 g/mol. The number of benzene rings is 4. The summed E-state index contributed by atoms with van der Waals surface area (Å²) in [5.41, 5.74) is 4.29. The van der Waals surface area contributed by atoms with Gasteiger partial charge in [-0.15, -0.1) is 0 Å². The number of phenolic OH excluding ortho intramolecular Hbond substituents is 3. The van der Waals surface area contributed by atoms with E-state index in [9.17, 15) is 49.2 Å². The molecule has 12 rings (SSSR count). The second-order valence-electron chi connectivity index (χ2n) is 20.2. The van der Waals surface area contributed by atoms with Crippen molar-refractivity contribution in [2.24, 2.45) is 22.7 Å². The van der Waals surface area contributed by atoms with Gasteiger partial charge in [-0.1, -0.05) is 61.5 Å². The zero-order chi connectivity index (χ0) is 53.1. The number of phenols is 3. The van der Waals surface area contributed by atoms with Gasteiger partial charge in [-0.3, -0.25) is 19.2 Å². The number of ketones is 3. The van der Waals surface area contributed by atoms with Crippen LogP contribution >= 0.6 is 0 Å². The molecule has 0 amide bonds. The third-order valence-corrected chi connectivity index (χ3v) is 15.7. The second kappa shape index (κ2) is 19.6. The van der Waals surface area contributed by atoms with Crippen molar-refractivity contribution >= 4 is 51.1 Å².